The number of urea groups is 2. The maximum atomic E-state index is 15.3. The lowest BCUT2D eigenvalue weighted by Gasteiger charge is -2.35. The van der Waals surface area contributed by atoms with Crippen molar-refractivity contribution in [3.8, 4) is 5.69 Å². The molecular formula is C48H48Cl2F2N8O6. The second kappa shape index (κ2) is 21.5. The van der Waals surface area contributed by atoms with Gasteiger partial charge < -0.3 is 25.8 Å². The topological polar surface area (TPSA) is 156 Å². The number of carbonyl (C=O) groups excluding carboxylic acids is 5. The fourth-order valence-electron chi connectivity index (χ4n) is 7.23. The largest absolute Gasteiger partial charge is 0.341 e. The number of hydrogen-bond acceptors (Lipinski definition) is 6. The predicted molar refractivity (Wildman–Crippen MR) is 251 cm³/mol. The van der Waals surface area contributed by atoms with Gasteiger partial charge >= 0.3 is 12.1 Å². The highest BCUT2D eigenvalue weighted by atomic mass is 35.5. The van der Waals surface area contributed by atoms with Crippen LogP contribution < -0.4 is 31.4 Å². The molecule has 66 heavy (non-hydrogen) atoms. The summed E-state index contributed by atoms with van der Waals surface area (Å²) in [5, 5.41) is 11.4. The summed E-state index contributed by atoms with van der Waals surface area (Å²) in [6.45, 7) is 2.31. The Morgan fingerprint density at radius 1 is 0.697 bits per heavy atom. The van der Waals surface area contributed by atoms with Gasteiger partial charge in [-0.05, 0) is 135 Å². The number of rotatable bonds is 12. The van der Waals surface area contributed by atoms with Gasteiger partial charge in [0.15, 0.2) is 5.82 Å². The number of anilines is 5. The quantitative estimate of drug-likeness (QED) is 0.106. The van der Waals surface area contributed by atoms with E-state index in [9.17, 15) is 33.2 Å². The van der Waals surface area contributed by atoms with E-state index in [4.69, 9.17) is 23.2 Å². The first-order valence-corrected chi connectivity index (χ1v) is 22.3. The van der Waals surface area contributed by atoms with E-state index >= 15 is 4.39 Å². The van der Waals surface area contributed by atoms with E-state index in [1.807, 2.05) is 0 Å². The van der Waals surface area contributed by atoms with E-state index in [1.165, 1.54) is 64.0 Å². The number of nitrogens with zero attached hydrogens (tertiary/aromatic N) is 5. The first kappa shape index (κ1) is 47.2. The van der Waals surface area contributed by atoms with Gasteiger partial charge in [0.05, 0.1) is 11.4 Å². The summed E-state index contributed by atoms with van der Waals surface area (Å²) in [6.07, 6.45) is 7.53. The summed E-state index contributed by atoms with van der Waals surface area (Å²) >= 11 is 11.8. The number of benzene rings is 4. The van der Waals surface area contributed by atoms with Crippen LogP contribution in [0.5, 0.6) is 0 Å². The van der Waals surface area contributed by atoms with E-state index < -0.39 is 35.5 Å². The molecule has 7 amide bonds. The molecule has 5 aromatic rings. The first-order chi connectivity index (χ1) is 31.7. The molecule has 0 radical (unpaired) electrons. The molecule has 2 saturated carbocycles. The molecule has 3 N–H and O–H groups in total. The van der Waals surface area contributed by atoms with Crippen molar-refractivity contribution in [1.82, 2.24) is 14.5 Å². The van der Waals surface area contributed by atoms with Gasteiger partial charge in [0, 0.05) is 78.4 Å². The summed E-state index contributed by atoms with van der Waals surface area (Å²) in [4.78, 5) is 78.3. The van der Waals surface area contributed by atoms with Gasteiger partial charge in [0.2, 0.25) is 17.7 Å². The van der Waals surface area contributed by atoms with Crippen LogP contribution in [-0.2, 0) is 14.4 Å². The molecule has 0 spiro atoms. The van der Waals surface area contributed by atoms with E-state index in [0.29, 0.717) is 58.2 Å². The van der Waals surface area contributed by atoms with Crippen LogP contribution >= 0.6 is 23.2 Å². The monoisotopic (exact) mass is 940 g/mol. The number of pyridine rings is 1. The zero-order valence-electron chi connectivity index (χ0n) is 36.0. The molecule has 0 bridgehead atoms. The van der Waals surface area contributed by atoms with Crippen LogP contribution in [0.1, 0.15) is 51.9 Å². The molecule has 344 valence electrons. The molecule has 1 aromatic heterocycles. The molecule has 4 aromatic carbocycles. The van der Waals surface area contributed by atoms with Crippen molar-refractivity contribution < 1.29 is 32.8 Å². The number of carbonyl (C=O) groups is 5. The van der Waals surface area contributed by atoms with Crippen LogP contribution in [0, 0.1) is 23.5 Å². The minimum atomic E-state index is -0.684. The second-order valence-electron chi connectivity index (χ2n) is 16.3. The van der Waals surface area contributed by atoms with E-state index in [2.05, 4.69) is 16.0 Å². The SMILES string of the molecule is CC(=O)N(c1ccc(N2CCCCC2=O)cc1F)N(CC1CC1)C(=O)Nc1ccc(Cl)cc1.O=C(CN(CC1CC1)C(=O)Nc1ccc(Cl)cc1)Nc1ccc(-n2ccccc2=O)cc1F. The molecule has 3 fully saturated rings. The third-order valence-electron chi connectivity index (χ3n) is 11.0. The minimum absolute atomic E-state index is 0.0304. The molecule has 2 aliphatic carbocycles. The Kier molecular flexibility index (Phi) is 15.4. The normalized spacial score (nSPS) is 14.3. The Bertz CT molecular complexity index is 2640. The minimum Gasteiger partial charge on any atom is -0.322 e. The van der Waals surface area contributed by atoms with Gasteiger partial charge in [-0.2, -0.15) is 0 Å². The summed E-state index contributed by atoms with van der Waals surface area (Å²) in [6, 6.07) is 25.3. The van der Waals surface area contributed by atoms with Crippen LogP contribution in [0.25, 0.3) is 5.69 Å². The summed E-state index contributed by atoms with van der Waals surface area (Å²) in [7, 11) is 0. The van der Waals surface area contributed by atoms with Crippen molar-refractivity contribution in [1.29, 1.82) is 0 Å². The third-order valence-corrected chi connectivity index (χ3v) is 11.5. The number of halogens is 4. The van der Waals surface area contributed by atoms with Crippen LogP contribution in [0.3, 0.4) is 0 Å². The molecule has 3 aliphatic rings. The number of aromatic nitrogens is 1. The number of hydrazine groups is 1. The molecule has 8 rings (SSSR count). The van der Waals surface area contributed by atoms with Gasteiger partial charge in [0.25, 0.3) is 5.56 Å². The smallest absolute Gasteiger partial charge is 0.322 e. The maximum Gasteiger partial charge on any atom is 0.341 e. The van der Waals surface area contributed by atoms with Crippen LogP contribution in [0.2, 0.25) is 10.0 Å². The zero-order valence-corrected chi connectivity index (χ0v) is 37.5. The molecule has 1 saturated heterocycles. The Balaban J connectivity index is 0.000000196. The fraction of sp³-hybridized carbons (Fsp3) is 0.292. The van der Waals surface area contributed by atoms with E-state index in [-0.39, 0.29) is 41.8 Å². The van der Waals surface area contributed by atoms with Gasteiger partial charge in [0.1, 0.15) is 18.0 Å². The fourth-order valence-corrected chi connectivity index (χ4v) is 7.48. The standard InChI is InChI=1S/C24H26ClFN4O3.C24H22ClFN4O3/c1-16(31)30(22-12-11-20(14-21(22)26)28-13-3-2-4-23(28)32)29(15-17-5-6-17)24(33)27-19-9-7-18(25)8-10-19;25-17-6-8-18(9-7-17)27-24(33)29(14-16-4-5-16)15-22(31)28-21-11-10-19(13-20(21)26)30-12-2-1-3-23(30)32/h7-12,14,17H,2-6,13,15H2,1H3,(H,27,33);1-3,6-13,16H,4-5,14-15H2,(H,27,33)(H,28,31). The van der Waals surface area contributed by atoms with Gasteiger partial charge in [-0.3, -0.25) is 23.7 Å². The number of nitrogens with one attached hydrogen (secondary N) is 3. The first-order valence-electron chi connectivity index (χ1n) is 21.6. The van der Waals surface area contributed by atoms with E-state index in [1.54, 1.807) is 71.6 Å². The lowest BCUT2D eigenvalue weighted by molar-refractivity contribution is -0.120. The van der Waals surface area contributed by atoms with Crippen molar-refractivity contribution in [3.63, 3.8) is 0 Å². The highest BCUT2D eigenvalue weighted by Gasteiger charge is 2.34. The van der Waals surface area contributed by atoms with Crippen LogP contribution in [0.15, 0.2) is 114 Å². The molecule has 2 heterocycles. The van der Waals surface area contributed by atoms with Gasteiger partial charge in [-0.25, -0.2) is 28.4 Å². The van der Waals surface area contributed by atoms with E-state index in [0.717, 1.165) is 43.5 Å². The number of piperidine rings is 1. The molecule has 1 aliphatic heterocycles. The van der Waals surface area contributed by atoms with Crippen molar-refractivity contribution in [2.45, 2.75) is 51.9 Å². The molecule has 18 heteroatoms. The third kappa shape index (κ3) is 12.7. The lowest BCUT2D eigenvalue weighted by atomic mass is 10.1. The van der Waals surface area contributed by atoms with Gasteiger partial charge in [-0.15, -0.1) is 0 Å². The van der Waals surface area contributed by atoms with Crippen LogP contribution in [0.4, 0.5) is 46.8 Å². The number of hydrogen-bond donors (Lipinski definition) is 3. The molecule has 0 unspecified atom stereocenters. The summed E-state index contributed by atoms with van der Waals surface area (Å²) < 4.78 is 31.2. The lowest BCUT2D eigenvalue weighted by Crippen LogP contribution is -2.52. The van der Waals surface area contributed by atoms with Crippen molar-refractivity contribution in [2.24, 2.45) is 11.8 Å². The predicted octanol–water partition coefficient (Wildman–Crippen LogP) is 9.72. The van der Waals surface area contributed by atoms with Crippen molar-refractivity contribution in [3.05, 3.63) is 141 Å². The Morgan fingerprint density at radius 3 is 1.88 bits per heavy atom. The van der Waals surface area contributed by atoms with Crippen molar-refractivity contribution >= 4 is 81.4 Å². The summed E-state index contributed by atoms with van der Waals surface area (Å²) in [5.41, 5.74) is 1.49. The Morgan fingerprint density at radius 2 is 1.30 bits per heavy atom. The highest BCUT2D eigenvalue weighted by Crippen LogP contribution is 2.34. The molecular weight excluding hydrogens is 893 g/mol. The average Bonchev–Trinajstić information content (AvgIpc) is 4.24. The second-order valence-corrected chi connectivity index (χ2v) is 17.2. The van der Waals surface area contributed by atoms with Crippen molar-refractivity contribution in [2.75, 3.05) is 52.0 Å². The molecule has 14 nitrogen and oxygen atoms in total. The summed E-state index contributed by atoms with van der Waals surface area (Å²) in [5.74, 6) is -1.83. The number of amides is 7. The Hall–Kier alpha value is -6.78. The highest BCUT2D eigenvalue weighted by molar-refractivity contribution is 6.31. The maximum absolute atomic E-state index is 15.3. The molecule has 0 atom stereocenters. The zero-order chi connectivity index (χ0) is 46.9. The van der Waals surface area contributed by atoms with Gasteiger partial charge in [-0.1, -0.05) is 29.3 Å². The van der Waals surface area contributed by atoms with Crippen LogP contribution in [-0.4, -0.2) is 70.4 Å². The average molecular weight is 942 g/mol. The Labute approximate surface area is 390 Å².